The van der Waals surface area contributed by atoms with Gasteiger partial charge >= 0.3 is 5.97 Å². The summed E-state index contributed by atoms with van der Waals surface area (Å²) in [4.78, 5) is 46.4. The zero-order valence-corrected chi connectivity index (χ0v) is 22.6. The Kier molecular flexibility index (Phi) is 8.32. The third-order valence-electron chi connectivity index (χ3n) is 8.42. The van der Waals surface area contributed by atoms with Gasteiger partial charge in [-0.25, -0.2) is 4.79 Å². The molecule has 2 aromatic rings. The van der Waals surface area contributed by atoms with E-state index in [1.54, 1.807) is 24.3 Å². The summed E-state index contributed by atoms with van der Waals surface area (Å²) in [5.41, 5.74) is 0.320. The number of benzene rings is 2. The highest BCUT2D eigenvalue weighted by Crippen LogP contribution is 2.68. The quantitative estimate of drug-likeness (QED) is 0.135. The summed E-state index contributed by atoms with van der Waals surface area (Å²) < 4.78 is 4.79. The third-order valence-corrected chi connectivity index (χ3v) is 8.42. The second-order valence-electron chi connectivity index (χ2n) is 11.2. The Balaban J connectivity index is 1.55. The molecule has 0 radical (unpaired) electrons. The van der Waals surface area contributed by atoms with Crippen LogP contribution in [0.1, 0.15) is 91.1 Å². The average molecular weight is 538 g/mol. The molecule has 0 unspecified atom stereocenters. The van der Waals surface area contributed by atoms with Crippen LogP contribution in [0.4, 0.5) is 11.4 Å². The lowest BCUT2D eigenvalue weighted by molar-refractivity contribution is -0.394. The summed E-state index contributed by atoms with van der Waals surface area (Å²) in [6.07, 6.45) is 8.22. The molecule has 0 heterocycles. The van der Waals surface area contributed by atoms with E-state index in [-0.39, 0.29) is 11.5 Å². The number of nitro benzene ring substituents is 2. The molecule has 10 nitrogen and oxygen atoms in total. The van der Waals surface area contributed by atoms with Gasteiger partial charge in [0.25, 0.3) is 17.3 Å². The Hall–Kier alpha value is -3.82. The Labute approximate surface area is 227 Å². The van der Waals surface area contributed by atoms with Gasteiger partial charge in [-0.05, 0) is 60.1 Å². The van der Waals surface area contributed by atoms with Gasteiger partial charge in [-0.3, -0.25) is 25.0 Å². The summed E-state index contributed by atoms with van der Waals surface area (Å²) in [6.45, 7) is 4.55. The maximum Gasteiger partial charge on any atom is 0.337 e. The van der Waals surface area contributed by atoms with Gasteiger partial charge in [-0.2, -0.15) is 0 Å². The largest absolute Gasteiger partial charge is 0.465 e. The number of rotatable bonds is 13. The topological polar surface area (TPSA) is 142 Å². The fourth-order valence-corrected chi connectivity index (χ4v) is 5.98. The molecule has 0 spiro atoms. The fourth-order valence-electron chi connectivity index (χ4n) is 5.98. The van der Waals surface area contributed by atoms with Crippen molar-refractivity contribution in [3.8, 4) is 0 Å². The lowest BCUT2D eigenvalue weighted by atomic mass is 9.93. The number of hydrogen-bond acceptors (Lipinski definition) is 7. The predicted octanol–water partition coefficient (Wildman–Crippen LogP) is 6.39. The normalized spacial score (nSPS) is 23.9. The van der Waals surface area contributed by atoms with Gasteiger partial charge in [0, 0.05) is 12.1 Å². The highest BCUT2D eigenvalue weighted by atomic mass is 16.6. The summed E-state index contributed by atoms with van der Waals surface area (Å²) in [7, 11) is 1.31. The predicted molar refractivity (Wildman–Crippen MR) is 144 cm³/mol. The van der Waals surface area contributed by atoms with Crippen LogP contribution in [-0.4, -0.2) is 28.8 Å². The van der Waals surface area contributed by atoms with Crippen LogP contribution in [0.5, 0.6) is 0 Å². The molecule has 4 rings (SSSR count). The standard InChI is InChI=1S/C29H35N3O7/c1-4-5-6-7-12-29(2)17-25(29)23-16-24(23)26(18-8-10-19(11-9-18)28(34)39-3)30-27(33)20-13-21(31(35)36)15-22(14-20)32(37)38/h8-11,13-15,23-26H,4-7,12,16-17H2,1-3H3,(H,30,33)/t23-,24+,25+,26+,29+/m1/s1. The van der Waals surface area contributed by atoms with Crippen molar-refractivity contribution in [2.24, 2.45) is 23.2 Å². The Morgan fingerprint density at radius 2 is 1.67 bits per heavy atom. The molecule has 2 aliphatic carbocycles. The van der Waals surface area contributed by atoms with Crippen LogP contribution in [0.15, 0.2) is 42.5 Å². The van der Waals surface area contributed by atoms with E-state index in [9.17, 15) is 29.8 Å². The highest BCUT2D eigenvalue weighted by molar-refractivity contribution is 5.96. The van der Waals surface area contributed by atoms with E-state index in [0.29, 0.717) is 22.8 Å². The summed E-state index contributed by atoms with van der Waals surface area (Å²) in [6, 6.07) is 9.38. The first-order valence-corrected chi connectivity index (χ1v) is 13.5. The van der Waals surface area contributed by atoms with E-state index >= 15 is 0 Å². The molecule has 10 heteroatoms. The van der Waals surface area contributed by atoms with Gasteiger partial charge in [0.05, 0.1) is 40.2 Å². The first-order valence-electron chi connectivity index (χ1n) is 13.5. The van der Waals surface area contributed by atoms with Crippen LogP contribution < -0.4 is 5.32 Å². The number of methoxy groups -OCH3 is 1. The van der Waals surface area contributed by atoms with Gasteiger partial charge in [0.2, 0.25) is 0 Å². The number of nitrogens with zero attached hydrogens (tertiary/aromatic N) is 2. The molecule has 1 N–H and O–H groups in total. The number of carbonyl (C=O) groups is 2. The summed E-state index contributed by atoms with van der Waals surface area (Å²) >= 11 is 0. The molecule has 5 atom stereocenters. The maximum absolute atomic E-state index is 13.3. The monoisotopic (exact) mass is 537 g/mol. The number of ether oxygens (including phenoxy) is 1. The van der Waals surface area contributed by atoms with E-state index in [1.807, 2.05) is 0 Å². The van der Waals surface area contributed by atoms with Crippen molar-refractivity contribution in [3.05, 3.63) is 79.4 Å². The zero-order valence-electron chi connectivity index (χ0n) is 22.6. The van der Waals surface area contributed by atoms with Crippen molar-refractivity contribution < 1.29 is 24.2 Å². The lowest BCUT2D eigenvalue weighted by Gasteiger charge is -2.21. The van der Waals surface area contributed by atoms with Crippen LogP contribution in [0.3, 0.4) is 0 Å². The number of esters is 1. The molecule has 0 aliphatic heterocycles. The van der Waals surface area contributed by atoms with Gasteiger partial charge in [-0.15, -0.1) is 0 Å². The van der Waals surface area contributed by atoms with Crippen molar-refractivity contribution in [1.29, 1.82) is 0 Å². The second kappa shape index (κ2) is 11.5. The molecular formula is C29H35N3O7. The molecular weight excluding hydrogens is 502 g/mol. The molecule has 2 aliphatic rings. The minimum Gasteiger partial charge on any atom is -0.465 e. The van der Waals surface area contributed by atoms with Crippen LogP contribution >= 0.6 is 0 Å². The van der Waals surface area contributed by atoms with Gasteiger partial charge < -0.3 is 10.1 Å². The maximum atomic E-state index is 13.3. The number of hydrogen-bond donors (Lipinski definition) is 1. The van der Waals surface area contributed by atoms with Crippen molar-refractivity contribution in [1.82, 2.24) is 5.32 Å². The molecule has 0 bridgehead atoms. The number of non-ortho nitro benzene ring substituents is 2. The number of carbonyl (C=O) groups excluding carboxylic acids is 2. The first kappa shape index (κ1) is 28.2. The van der Waals surface area contributed by atoms with E-state index in [4.69, 9.17) is 4.74 Å². The fraction of sp³-hybridized carbons (Fsp3) is 0.517. The Morgan fingerprint density at radius 3 is 2.23 bits per heavy atom. The number of nitrogens with one attached hydrogen (secondary N) is 1. The smallest absolute Gasteiger partial charge is 0.337 e. The SMILES string of the molecule is CCCCCC[C@@]1(C)C[C@H]1[C@@H]1C[C@@H]1[C@@H](NC(=O)c1cc([N+](=O)[O-])cc([N+](=O)[O-])c1)c1ccc(C(=O)OC)cc1. The minimum atomic E-state index is -0.752. The van der Waals surface area contributed by atoms with Crippen LogP contribution in [0.25, 0.3) is 0 Å². The molecule has 208 valence electrons. The van der Waals surface area contributed by atoms with Crippen molar-refractivity contribution in [2.45, 2.75) is 64.8 Å². The van der Waals surface area contributed by atoms with Crippen molar-refractivity contribution >= 4 is 23.3 Å². The molecule has 2 fully saturated rings. The minimum absolute atomic E-state index is 0.142. The van der Waals surface area contributed by atoms with E-state index in [0.717, 1.165) is 30.2 Å². The van der Waals surface area contributed by atoms with Gasteiger partial charge in [-0.1, -0.05) is 51.7 Å². The number of nitro groups is 2. The first-order chi connectivity index (χ1) is 18.6. The van der Waals surface area contributed by atoms with Crippen molar-refractivity contribution in [2.75, 3.05) is 7.11 Å². The second-order valence-corrected chi connectivity index (χ2v) is 11.2. The number of unbranched alkanes of at least 4 members (excludes halogenated alkanes) is 3. The van der Waals surface area contributed by atoms with E-state index < -0.39 is 39.1 Å². The average Bonchev–Trinajstić information content (AvgIpc) is 3.84. The van der Waals surface area contributed by atoms with Gasteiger partial charge in [0.15, 0.2) is 0 Å². The van der Waals surface area contributed by atoms with Crippen LogP contribution in [0.2, 0.25) is 0 Å². The molecule has 1 amide bonds. The molecule has 39 heavy (non-hydrogen) atoms. The zero-order chi connectivity index (χ0) is 28.3. The molecule has 2 saturated carbocycles. The molecule has 0 aromatic heterocycles. The summed E-state index contributed by atoms with van der Waals surface area (Å²) in [5.74, 6) is 0.0943. The number of amides is 1. The van der Waals surface area contributed by atoms with Crippen LogP contribution in [-0.2, 0) is 4.74 Å². The lowest BCUT2D eigenvalue weighted by Crippen LogP contribution is -2.30. The highest BCUT2D eigenvalue weighted by Gasteiger charge is 2.61. The molecule has 0 saturated heterocycles. The molecule has 2 aromatic carbocycles. The van der Waals surface area contributed by atoms with Crippen LogP contribution in [0, 0.1) is 43.4 Å². The summed E-state index contributed by atoms with van der Waals surface area (Å²) in [5, 5.41) is 25.7. The Morgan fingerprint density at radius 1 is 1.03 bits per heavy atom. The van der Waals surface area contributed by atoms with E-state index in [2.05, 4.69) is 19.2 Å². The van der Waals surface area contributed by atoms with Gasteiger partial charge in [0.1, 0.15) is 0 Å². The van der Waals surface area contributed by atoms with Crippen molar-refractivity contribution in [3.63, 3.8) is 0 Å². The van der Waals surface area contributed by atoms with E-state index in [1.165, 1.54) is 45.6 Å². The third kappa shape index (κ3) is 6.43. The Bertz CT molecular complexity index is 1230.